The van der Waals surface area contributed by atoms with Gasteiger partial charge in [0.25, 0.3) is 0 Å². The molecule has 0 aliphatic heterocycles. The van der Waals surface area contributed by atoms with Gasteiger partial charge in [-0.3, -0.25) is 0 Å². The number of aliphatic carboxylic acids is 1. The standard InChI is InChI=1S/C9H16O2.C8H8.C4H6O2/c1-3-5-6-7-8-11-9(10)4-2;1-2-8-6-4-3-5-7-8;1-3(2)4(5)6/h4H,2-3,5-8H2,1H3;2-7H,1H2;1H2,2H3,(H,5,6). The Morgan fingerprint density at radius 3 is 2.04 bits per heavy atom. The Morgan fingerprint density at radius 1 is 1.12 bits per heavy atom. The minimum absolute atomic E-state index is 0.176. The van der Waals surface area contributed by atoms with Crippen LogP contribution in [0.5, 0.6) is 0 Å². The van der Waals surface area contributed by atoms with Crippen molar-refractivity contribution in [2.45, 2.75) is 39.5 Å². The minimum atomic E-state index is -0.935. The van der Waals surface area contributed by atoms with Crippen LogP contribution in [0, 0.1) is 0 Å². The molecule has 1 N–H and O–H groups in total. The number of carboxylic acids is 1. The van der Waals surface area contributed by atoms with Crippen molar-refractivity contribution in [3.63, 3.8) is 0 Å². The minimum Gasteiger partial charge on any atom is -0.478 e. The average molecular weight is 346 g/mol. The maximum absolute atomic E-state index is 10.5. The summed E-state index contributed by atoms with van der Waals surface area (Å²) in [4.78, 5) is 20.1. The SMILES string of the molecule is C=C(C)C(=O)O.C=CC(=O)OCCCCCC.C=Cc1ccccc1. The fourth-order valence-corrected chi connectivity index (χ4v) is 1.35. The number of hydrogen-bond donors (Lipinski definition) is 1. The van der Waals surface area contributed by atoms with E-state index < -0.39 is 5.97 Å². The summed E-state index contributed by atoms with van der Waals surface area (Å²) in [6, 6.07) is 10.0. The number of ether oxygens (including phenoxy) is 1. The number of hydrogen-bond acceptors (Lipinski definition) is 3. The predicted molar refractivity (Wildman–Crippen MR) is 104 cm³/mol. The zero-order valence-electron chi connectivity index (χ0n) is 15.4. The quantitative estimate of drug-likeness (QED) is 0.395. The normalized spacial score (nSPS) is 8.56. The largest absolute Gasteiger partial charge is 0.478 e. The first-order valence-electron chi connectivity index (χ1n) is 8.24. The van der Waals surface area contributed by atoms with E-state index in [1.807, 2.05) is 36.4 Å². The molecule has 1 aromatic carbocycles. The van der Waals surface area contributed by atoms with E-state index >= 15 is 0 Å². The van der Waals surface area contributed by atoms with E-state index in [0.717, 1.165) is 12.8 Å². The third-order valence-corrected chi connectivity index (χ3v) is 2.81. The number of carboxylic acid groups (broad SMARTS) is 1. The molecule has 0 heterocycles. The summed E-state index contributed by atoms with van der Waals surface area (Å²) in [7, 11) is 0. The lowest BCUT2D eigenvalue weighted by molar-refractivity contribution is -0.138. The number of carbonyl (C=O) groups excluding carboxylic acids is 1. The zero-order chi connectivity index (χ0) is 19.5. The molecule has 1 rings (SSSR count). The molecule has 0 radical (unpaired) electrons. The molecule has 0 saturated heterocycles. The van der Waals surface area contributed by atoms with Crippen molar-refractivity contribution in [2.75, 3.05) is 6.61 Å². The first-order chi connectivity index (χ1) is 11.9. The Balaban J connectivity index is 0. The molecule has 0 unspecified atom stereocenters. The van der Waals surface area contributed by atoms with Crippen LogP contribution in [0.15, 0.2) is 61.7 Å². The fraction of sp³-hybridized carbons (Fsp3) is 0.333. The molecule has 0 aliphatic carbocycles. The highest BCUT2D eigenvalue weighted by molar-refractivity contribution is 5.84. The Bertz CT molecular complexity index is 506. The van der Waals surface area contributed by atoms with E-state index in [4.69, 9.17) is 9.84 Å². The zero-order valence-corrected chi connectivity index (χ0v) is 15.4. The predicted octanol–water partition coefficient (Wildman–Crippen LogP) is 5.27. The molecule has 0 saturated carbocycles. The van der Waals surface area contributed by atoms with E-state index in [1.54, 1.807) is 0 Å². The molecule has 25 heavy (non-hydrogen) atoms. The highest BCUT2D eigenvalue weighted by atomic mass is 16.5. The Hall–Kier alpha value is -2.62. The van der Waals surface area contributed by atoms with Gasteiger partial charge in [-0.2, -0.15) is 0 Å². The van der Waals surface area contributed by atoms with Gasteiger partial charge in [-0.25, -0.2) is 9.59 Å². The second-order valence-electron chi connectivity index (χ2n) is 5.13. The molecule has 0 bridgehead atoms. The van der Waals surface area contributed by atoms with E-state index in [0.29, 0.717) is 6.61 Å². The fourth-order valence-electron chi connectivity index (χ4n) is 1.35. The first-order valence-corrected chi connectivity index (χ1v) is 8.24. The van der Waals surface area contributed by atoms with Crippen LogP contribution in [0.4, 0.5) is 0 Å². The van der Waals surface area contributed by atoms with Gasteiger partial charge in [0.15, 0.2) is 0 Å². The van der Waals surface area contributed by atoms with Crippen LogP contribution in [0.1, 0.15) is 45.1 Å². The first kappa shape index (κ1) is 24.6. The number of benzene rings is 1. The van der Waals surface area contributed by atoms with Gasteiger partial charge in [-0.05, 0) is 18.9 Å². The third-order valence-electron chi connectivity index (χ3n) is 2.81. The van der Waals surface area contributed by atoms with Crippen LogP contribution < -0.4 is 0 Å². The molecule has 0 amide bonds. The molecule has 4 nitrogen and oxygen atoms in total. The van der Waals surface area contributed by atoms with Gasteiger partial charge in [0.2, 0.25) is 0 Å². The maximum Gasteiger partial charge on any atom is 0.330 e. The molecule has 0 spiro atoms. The summed E-state index contributed by atoms with van der Waals surface area (Å²) >= 11 is 0. The Labute approximate surface area is 151 Å². The molecule has 0 aliphatic rings. The average Bonchev–Trinajstić information content (AvgIpc) is 2.63. The van der Waals surface area contributed by atoms with Crippen molar-refractivity contribution in [3.05, 3.63) is 67.3 Å². The monoisotopic (exact) mass is 346 g/mol. The molecule has 1 aromatic rings. The van der Waals surface area contributed by atoms with Gasteiger partial charge in [0.05, 0.1) is 6.61 Å². The molecule has 0 aromatic heterocycles. The van der Waals surface area contributed by atoms with Crippen LogP contribution in [0.25, 0.3) is 6.08 Å². The van der Waals surface area contributed by atoms with Gasteiger partial charge in [-0.1, -0.05) is 82.3 Å². The van der Waals surface area contributed by atoms with E-state index in [2.05, 4.69) is 26.7 Å². The van der Waals surface area contributed by atoms with Crippen LogP contribution in [-0.4, -0.2) is 23.7 Å². The highest BCUT2D eigenvalue weighted by Crippen LogP contribution is 1.99. The van der Waals surface area contributed by atoms with Crippen molar-refractivity contribution in [1.29, 1.82) is 0 Å². The van der Waals surface area contributed by atoms with E-state index in [-0.39, 0.29) is 11.5 Å². The molecular formula is C21H30O4. The van der Waals surface area contributed by atoms with Gasteiger partial charge in [0, 0.05) is 11.6 Å². The number of esters is 1. The Kier molecular flexibility index (Phi) is 17.5. The lowest BCUT2D eigenvalue weighted by atomic mass is 10.2. The van der Waals surface area contributed by atoms with Crippen molar-refractivity contribution in [1.82, 2.24) is 0 Å². The molecular weight excluding hydrogens is 316 g/mol. The summed E-state index contributed by atoms with van der Waals surface area (Å²) in [5.41, 5.74) is 1.35. The van der Waals surface area contributed by atoms with Crippen molar-refractivity contribution in [3.8, 4) is 0 Å². The molecule has 0 fully saturated rings. The van der Waals surface area contributed by atoms with Gasteiger partial charge in [-0.15, -0.1) is 0 Å². The Morgan fingerprint density at radius 2 is 1.68 bits per heavy atom. The molecule has 0 atom stereocenters. The third kappa shape index (κ3) is 19.3. The summed E-state index contributed by atoms with van der Waals surface area (Å²) in [6.45, 7) is 14.2. The van der Waals surface area contributed by atoms with Crippen molar-refractivity contribution >= 4 is 18.0 Å². The molecule has 4 heteroatoms. The second kappa shape index (κ2) is 17.7. The van der Waals surface area contributed by atoms with E-state index in [9.17, 15) is 9.59 Å². The smallest absolute Gasteiger partial charge is 0.330 e. The topological polar surface area (TPSA) is 63.6 Å². The van der Waals surface area contributed by atoms with Gasteiger partial charge >= 0.3 is 11.9 Å². The lowest BCUT2D eigenvalue weighted by Gasteiger charge is -1.99. The summed E-state index contributed by atoms with van der Waals surface area (Å²) in [5.74, 6) is -1.25. The van der Waals surface area contributed by atoms with Crippen LogP contribution in [0.2, 0.25) is 0 Å². The summed E-state index contributed by atoms with van der Waals surface area (Å²) < 4.78 is 4.78. The van der Waals surface area contributed by atoms with Gasteiger partial charge in [0.1, 0.15) is 0 Å². The van der Waals surface area contributed by atoms with Crippen molar-refractivity contribution < 1.29 is 19.4 Å². The lowest BCUT2D eigenvalue weighted by Crippen LogP contribution is -2.01. The second-order valence-corrected chi connectivity index (χ2v) is 5.13. The van der Waals surface area contributed by atoms with E-state index in [1.165, 1.54) is 31.4 Å². The summed E-state index contributed by atoms with van der Waals surface area (Å²) in [5, 5.41) is 7.89. The van der Waals surface area contributed by atoms with Crippen molar-refractivity contribution in [2.24, 2.45) is 0 Å². The maximum atomic E-state index is 10.5. The number of unbranched alkanes of at least 4 members (excludes halogenated alkanes) is 3. The van der Waals surface area contributed by atoms with Crippen LogP contribution in [-0.2, 0) is 14.3 Å². The number of carbonyl (C=O) groups is 2. The number of rotatable bonds is 8. The van der Waals surface area contributed by atoms with Crippen LogP contribution >= 0.6 is 0 Å². The van der Waals surface area contributed by atoms with Gasteiger partial charge < -0.3 is 9.84 Å². The summed E-state index contributed by atoms with van der Waals surface area (Å²) in [6.07, 6.45) is 7.55. The molecule has 138 valence electrons. The van der Waals surface area contributed by atoms with Crippen LogP contribution in [0.3, 0.4) is 0 Å². The highest BCUT2D eigenvalue weighted by Gasteiger charge is 1.93.